The van der Waals surface area contributed by atoms with Crippen molar-refractivity contribution in [3.05, 3.63) is 167 Å². The Balaban J connectivity index is 0.000000373. The van der Waals surface area contributed by atoms with Crippen LogP contribution in [0.15, 0.2) is 168 Å². The number of Topliss-reactive ketones (excluding diaryl/α,β-unsaturated/α-hetero) is 1. The van der Waals surface area contributed by atoms with Crippen molar-refractivity contribution in [2.45, 2.75) is 55.2 Å². The second-order valence-corrected chi connectivity index (χ2v) is 25.7. The van der Waals surface area contributed by atoms with E-state index in [0.717, 1.165) is 93.5 Å². The van der Waals surface area contributed by atoms with Crippen LogP contribution in [0.5, 0.6) is 0 Å². The molecule has 1 amide bonds. The molecule has 0 saturated carbocycles. The molecule has 1 saturated heterocycles. The lowest BCUT2D eigenvalue weighted by Gasteiger charge is -2.05. The molecular formula is C51H48N2O32S6. The Hall–Kier alpha value is -9.39. The van der Waals surface area contributed by atoms with Gasteiger partial charge in [-0.25, -0.2) is 28.8 Å². The van der Waals surface area contributed by atoms with Crippen molar-refractivity contribution in [3.8, 4) is 0 Å². The Morgan fingerprint density at radius 3 is 1.15 bits per heavy atom. The minimum atomic E-state index is -4.64. The number of methoxy groups -OCH3 is 2. The Kier molecular flexibility index (Phi) is 28.6. The normalized spacial score (nSPS) is 12.4. The zero-order valence-corrected chi connectivity index (χ0v) is 51.1. The molecule has 0 spiro atoms. The van der Waals surface area contributed by atoms with Crippen LogP contribution in [0.4, 0.5) is 11.4 Å². The van der Waals surface area contributed by atoms with Crippen molar-refractivity contribution in [3.63, 3.8) is 0 Å². The standard InChI is InChI=1S/C10H11NO5S.C10H10O7S.C9H10O4S.C8H6O7S.C7H5NO4S.C7H6O5S/c1-7(12)6-10(13)11-8-2-4-9(5-3-8)17(14,15)16;1-16-9(11)6-3-7(10(12)17-2)5-8(4-6)18(13,14)15;10-14(11,12)9-3-1-7(2-4-9)5-8-6-13-8;9-7(10)4-1-5(8(11)12)3-6(2-4)16(13,14)15;9-5-8-6-1-3-7(4-2-6)13(10,11)12;8-7(9)5-2-1-3-6(4-5)13(10,11)12/h2-5H,6H2,1H3,(H,11,13)(H,14,15,16);3-5H,1-2H3,(H,13,14,15);1-4,8H,5-6H2,(H,10,11,12);1-3H,(H,9,10)(H,11,12)(H,13,14,15);1-4H,(H,10,11,12);1-4H,(H,8,9)(H,10,11,12). The number of aliphatic imine (C=N–C) groups is 1. The molecule has 40 heteroatoms. The SMILES string of the molecule is CC(=O)CC(=O)Nc1ccc(S(=O)(=O)O)cc1.COC(=O)c1cc(C(=O)OC)cc(S(=O)(=O)O)c1.O=C(O)c1cc(C(=O)O)cc(S(=O)(=O)O)c1.O=C(O)c1cccc(S(=O)(=O)O)c1.O=C=Nc1ccc(S(=O)(=O)O)cc1.O=S(=O)(O)c1ccc(CC2CO2)cc1. The second kappa shape index (κ2) is 33.4. The molecule has 1 aliphatic rings. The Morgan fingerprint density at radius 2 is 0.824 bits per heavy atom. The van der Waals surface area contributed by atoms with Gasteiger partial charge in [0.2, 0.25) is 12.0 Å². The molecule has 6 aromatic carbocycles. The number of isocyanates is 1. The number of rotatable bonds is 17. The van der Waals surface area contributed by atoms with Gasteiger partial charge in [0.15, 0.2) is 0 Å². The topological polar surface area (TPSA) is 579 Å². The first-order valence-corrected chi connectivity index (χ1v) is 32.3. The number of aromatic carboxylic acids is 3. The summed E-state index contributed by atoms with van der Waals surface area (Å²) in [5, 5.41) is 28.1. The van der Waals surface area contributed by atoms with Gasteiger partial charge in [-0.05, 0) is 128 Å². The van der Waals surface area contributed by atoms with E-state index in [2.05, 4.69) is 19.8 Å². The minimum Gasteiger partial charge on any atom is -0.478 e. The van der Waals surface area contributed by atoms with Crippen molar-refractivity contribution in [1.82, 2.24) is 0 Å². The van der Waals surface area contributed by atoms with Crippen molar-refractivity contribution < 1.29 is 146 Å². The second-order valence-electron chi connectivity index (χ2n) is 17.2. The first-order chi connectivity index (χ1) is 41.8. The highest BCUT2D eigenvalue weighted by atomic mass is 32.2. The molecule has 7 rings (SSSR count). The van der Waals surface area contributed by atoms with Gasteiger partial charge in [0.25, 0.3) is 60.7 Å². The molecule has 1 fully saturated rings. The van der Waals surface area contributed by atoms with Crippen LogP contribution in [-0.4, -0.2) is 168 Å². The van der Waals surface area contributed by atoms with E-state index >= 15 is 0 Å². The van der Waals surface area contributed by atoms with Gasteiger partial charge >= 0.3 is 29.8 Å². The summed E-state index contributed by atoms with van der Waals surface area (Å²) in [5.74, 6) is -6.66. The number of hydrogen-bond donors (Lipinski definition) is 10. The molecule has 1 atom stereocenters. The maximum Gasteiger partial charge on any atom is 0.337 e. The van der Waals surface area contributed by atoms with E-state index in [1.54, 1.807) is 12.1 Å². The first kappa shape index (κ1) is 77.7. The van der Waals surface area contributed by atoms with Crippen LogP contribution in [0.2, 0.25) is 0 Å². The molecule has 1 aliphatic heterocycles. The van der Waals surface area contributed by atoms with Crippen LogP contribution < -0.4 is 5.32 Å². The van der Waals surface area contributed by atoms with Gasteiger partial charge in [-0.2, -0.15) is 55.5 Å². The predicted octanol–water partition coefficient (Wildman–Crippen LogP) is 4.09. The Bertz CT molecular complexity index is 4390. The maximum atomic E-state index is 11.3. The van der Waals surface area contributed by atoms with Gasteiger partial charge in [-0.1, -0.05) is 18.2 Å². The number of ether oxygens (including phenoxy) is 3. The van der Waals surface area contributed by atoms with E-state index in [4.69, 9.17) is 47.4 Å². The Labute approximate surface area is 515 Å². The average Bonchev–Trinajstić information content (AvgIpc) is 3.10. The number of carboxylic acids is 3. The van der Waals surface area contributed by atoms with Crippen LogP contribution in [-0.2, 0) is 95.7 Å². The van der Waals surface area contributed by atoms with Gasteiger partial charge < -0.3 is 34.8 Å². The summed E-state index contributed by atoms with van der Waals surface area (Å²) in [7, 11) is -23.8. The molecule has 490 valence electrons. The highest BCUT2D eigenvalue weighted by molar-refractivity contribution is 7.87. The number of carboxylic acid groups (broad SMARTS) is 3. The zero-order chi connectivity index (χ0) is 69.6. The fourth-order valence-electron chi connectivity index (χ4n) is 6.14. The number of hydrogen-bond acceptors (Lipinski definition) is 24. The number of epoxide rings is 1. The van der Waals surface area contributed by atoms with Gasteiger partial charge in [-0.15, -0.1) is 0 Å². The zero-order valence-electron chi connectivity index (χ0n) is 46.2. The molecule has 91 heavy (non-hydrogen) atoms. The number of carbonyl (C=O) groups is 7. The molecule has 6 aromatic rings. The summed E-state index contributed by atoms with van der Waals surface area (Å²) >= 11 is 0. The van der Waals surface area contributed by atoms with Crippen LogP contribution >= 0.6 is 0 Å². The highest BCUT2D eigenvalue weighted by Crippen LogP contribution is 2.21. The van der Waals surface area contributed by atoms with E-state index in [1.165, 1.54) is 61.5 Å². The van der Waals surface area contributed by atoms with E-state index in [1.807, 2.05) is 0 Å². The summed E-state index contributed by atoms with van der Waals surface area (Å²) in [6.07, 6.45) is 2.15. The third-order valence-electron chi connectivity index (χ3n) is 10.4. The molecular weight excluding hydrogens is 1340 g/mol. The lowest BCUT2D eigenvalue weighted by atomic mass is 10.1. The summed E-state index contributed by atoms with van der Waals surface area (Å²) in [6, 6.07) is 25.5. The molecule has 0 aromatic heterocycles. The van der Waals surface area contributed by atoms with Gasteiger partial charge in [0.1, 0.15) is 5.78 Å². The summed E-state index contributed by atoms with van der Waals surface area (Å²) in [4.78, 5) is 86.7. The van der Waals surface area contributed by atoms with Crippen LogP contribution in [0, 0.1) is 0 Å². The number of ketones is 1. The first-order valence-electron chi connectivity index (χ1n) is 23.7. The van der Waals surface area contributed by atoms with E-state index in [-0.39, 0.29) is 55.4 Å². The van der Waals surface area contributed by atoms with Crippen molar-refractivity contribution in [1.29, 1.82) is 0 Å². The molecule has 34 nitrogen and oxygen atoms in total. The maximum absolute atomic E-state index is 11.3. The summed E-state index contributed by atoms with van der Waals surface area (Å²) in [5.41, 5.74) is 0.0159. The highest BCUT2D eigenvalue weighted by Gasteiger charge is 2.24. The van der Waals surface area contributed by atoms with Crippen LogP contribution in [0.1, 0.15) is 70.7 Å². The number of anilines is 1. The van der Waals surface area contributed by atoms with Crippen molar-refractivity contribution in [2.24, 2.45) is 4.99 Å². The number of nitrogens with one attached hydrogen (secondary N) is 1. The number of esters is 2. The molecule has 1 unspecified atom stereocenters. The van der Waals surface area contributed by atoms with Gasteiger partial charge in [0.05, 0.1) is 96.2 Å². The summed E-state index contributed by atoms with van der Waals surface area (Å²) < 4.78 is 195. The van der Waals surface area contributed by atoms with Crippen molar-refractivity contribution in [2.75, 3.05) is 26.1 Å². The lowest BCUT2D eigenvalue weighted by molar-refractivity contribution is -0.124. The van der Waals surface area contributed by atoms with Crippen LogP contribution in [0.25, 0.3) is 0 Å². The predicted molar refractivity (Wildman–Crippen MR) is 306 cm³/mol. The van der Waals surface area contributed by atoms with E-state index in [0.29, 0.717) is 17.8 Å². The molecule has 0 aliphatic carbocycles. The number of amides is 1. The molecule has 10 N–H and O–H groups in total. The van der Waals surface area contributed by atoms with E-state index in [9.17, 15) is 88.9 Å². The lowest BCUT2D eigenvalue weighted by Crippen LogP contribution is -2.14. The smallest absolute Gasteiger partial charge is 0.337 e. The molecule has 0 radical (unpaired) electrons. The summed E-state index contributed by atoms with van der Waals surface area (Å²) in [6.45, 7) is 2.07. The monoisotopic (exact) mass is 1390 g/mol. The fourth-order valence-corrected chi connectivity index (χ4v) is 9.21. The molecule has 1 heterocycles. The van der Waals surface area contributed by atoms with Crippen molar-refractivity contribution >= 4 is 120 Å². The third kappa shape index (κ3) is 28.3. The average molecular weight is 1390 g/mol. The Morgan fingerprint density at radius 1 is 0.484 bits per heavy atom. The number of benzene rings is 6. The number of carbonyl (C=O) groups excluding carboxylic acids is 5. The minimum absolute atomic E-state index is 0.0713. The van der Waals surface area contributed by atoms with Gasteiger partial charge in [-0.3, -0.25) is 36.9 Å². The van der Waals surface area contributed by atoms with E-state index < -0.39 is 122 Å². The third-order valence-corrected chi connectivity index (χ3v) is 15.5. The fraction of sp³-hybridized carbons (Fsp3) is 0.137. The van der Waals surface area contributed by atoms with Gasteiger partial charge in [0, 0.05) is 12.1 Å². The largest absolute Gasteiger partial charge is 0.478 e. The number of nitrogens with zero attached hydrogens (tertiary/aromatic N) is 1. The quantitative estimate of drug-likeness (QED) is 0.0153. The van der Waals surface area contributed by atoms with Crippen LogP contribution in [0.3, 0.4) is 0 Å². The molecule has 0 bridgehead atoms.